The topological polar surface area (TPSA) is 119 Å². The molecule has 9 nitrogen and oxygen atoms in total. The summed E-state index contributed by atoms with van der Waals surface area (Å²) in [5.74, 6) is -0.173. The fraction of sp³-hybridized carbons (Fsp3) is 0.269. The zero-order chi connectivity index (χ0) is 25.0. The average molecular weight is 474 g/mol. The molecule has 35 heavy (non-hydrogen) atoms. The van der Waals surface area contributed by atoms with Crippen LogP contribution in [0.15, 0.2) is 65.5 Å². The highest BCUT2D eigenvalue weighted by atomic mass is 16.5. The standard InChI is InChI=1S/C26H27N5O4/c1-26(2,3)20-15-22(31(30-20)17-9-5-4-6-10-17)29-23(32)16-35-24(33)14-13-21-27-19-12-8-7-11-18(19)25(34)28-21/h4-12,15H,13-14,16H2,1-3H3,(H,29,32)(H,27,28,34). The van der Waals surface area contributed by atoms with E-state index in [9.17, 15) is 14.4 Å². The summed E-state index contributed by atoms with van der Waals surface area (Å²) in [6.45, 7) is 5.67. The number of H-pyrrole nitrogens is 1. The number of amides is 1. The summed E-state index contributed by atoms with van der Waals surface area (Å²) in [6.07, 6.45) is 0.168. The van der Waals surface area contributed by atoms with E-state index >= 15 is 0 Å². The summed E-state index contributed by atoms with van der Waals surface area (Å²) in [4.78, 5) is 43.9. The summed E-state index contributed by atoms with van der Waals surface area (Å²) >= 11 is 0. The van der Waals surface area contributed by atoms with Crippen molar-refractivity contribution >= 4 is 28.6 Å². The maximum absolute atomic E-state index is 12.5. The maximum atomic E-state index is 12.5. The summed E-state index contributed by atoms with van der Waals surface area (Å²) in [5, 5.41) is 7.92. The molecule has 2 aromatic carbocycles. The van der Waals surface area contributed by atoms with Crippen LogP contribution in [-0.4, -0.2) is 38.2 Å². The Balaban J connectivity index is 1.36. The Morgan fingerprint density at radius 3 is 2.51 bits per heavy atom. The third-order valence-corrected chi connectivity index (χ3v) is 5.34. The van der Waals surface area contributed by atoms with E-state index in [4.69, 9.17) is 4.74 Å². The molecule has 180 valence electrons. The Labute approximate surface area is 202 Å². The Hall–Kier alpha value is -4.27. The van der Waals surface area contributed by atoms with Crippen LogP contribution in [-0.2, 0) is 26.2 Å². The third-order valence-electron chi connectivity index (χ3n) is 5.34. The van der Waals surface area contributed by atoms with Gasteiger partial charge in [0.15, 0.2) is 6.61 Å². The predicted molar refractivity (Wildman–Crippen MR) is 133 cm³/mol. The van der Waals surface area contributed by atoms with E-state index < -0.39 is 18.5 Å². The van der Waals surface area contributed by atoms with Gasteiger partial charge in [-0.05, 0) is 24.3 Å². The Morgan fingerprint density at radius 1 is 1.06 bits per heavy atom. The number of carbonyl (C=O) groups is 2. The quantitative estimate of drug-likeness (QED) is 0.397. The highest BCUT2D eigenvalue weighted by Gasteiger charge is 2.22. The van der Waals surface area contributed by atoms with E-state index in [2.05, 4.69) is 20.4 Å². The number of aromatic amines is 1. The molecule has 0 radical (unpaired) electrons. The molecule has 4 rings (SSSR count). The van der Waals surface area contributed by atoms with Gasteiger partial charge < -0.3 is 15.0 Å². The van der Waals surface area contributed by atoms with Gasteiger partial charge in [0.2, 0.25) is 0 Å². The van der Waals surface area contributed by atoms with Crippen LogP contribution in [0.5, 0.6) is 0 Å². The first-order valence-electron chi connectivity index (χ1n) is 11.3. The number of rotatable bonds is 7. The fourth-order valence-electron chi connectivity index (χ4n) is 3.47. The molecule has 0 unspecified atom stereocenters. The summed E-state index contributed by atoms with van der Waals surface area (Å²) < 4.78 is 6.79. The van der Waals surface area contributed by atoms with Crippen molar-refractivity contribution in [3.05, 3.63) is 82.5 Å². The summed E-state index contributed by atoms with van der Waals surface area (Å²) in [7, 11) is 0. The minimum atomic E-state index is -0.567. The van der Waals surface area contributed by atoms with Crippen LogP contribution >= 0.6 is 0 Å². The number of aromatic nitrogens is 4. The molecule has 0 aliphatic heterocycles. The van der Waals surface area contributed by atoms with Crippen molar-refractivity contribution in [2.45, 2.75) is 39.0 Å². The van der Waals surface area contributed by atoms with Crippen molar-refractivity contribution < 1.29 is 14.3 Å². The van der Waals surface area contributed by atoms with E-state index in [0.29, 0.717) is 22.5 Å². The number of ether oxygens (including phenoxy) is 1. The first kappa shape index (κ1) is 23.9. The number of hydrogen-bond acceptors (Lipinski definition) is 6. The molecule has 0 saturated carbocycles. The molecule has 0 saturated heterocycles. The second kappa shape index (κ2) is 9.92. The number of benzene rings is 2. The molecule has 0 aliphatic rings. The first-order chi connectivity index (χ1) is 16.7. The number of carbonyl (C=O) groups excluding carboxylic acids is 2. The van der Waals surface area contributed by atoms with Crippen molar-refractivity contribution in [2.24, 2.45) is 0 Å². The Bertz CT molecular complexity index is 1420. The summed E-state index contributed by atoms with van der Waals surface area (Å²) in [6, 6.07) is 18.2. The van der Waals surface area contributed by atoms with Gasteiger partial charge in [-0.2, -0.15) is 5.10 Å². The molecule has 0 aliphatic carbocycles. The van der Waals surface area contributed by atoms with Gasteiger partial charge in [-0.25, -0.2) is 9.67 Å². The van der Waals surface area contributed by atoms with Crippen molar-refractivity contribution in [3.8, 4) is 5.69 Å². The molecular formula is C26H27N5O4. The number of anilines is 1. The van der Waals surface area contributed by atoms with Crippen LogP contribution < -0.4 is 10.9 Å². The lowest BCUT2D eigenvalue weighted by atomic mass is 9.92. The number of esters is 1. The molecule has 1 amide bonds. The fourth-order valence-corrected chi connectivity index (χ4v) is 3.47. The van der Waals surface area contributed by atoms with E-state index in [0.717, 1.165) is 11.4 Å². The van der Waals surface area contributed by atoms with Gasteiger partial charge in [0.05, 0.1) is 28.7 Å². The van der Waals surface area contributed by atoms with Gasteiger partial charge >= 0.3 is 5.97 Å². The molecule has 2 heterocycles. The molecule has 2 N–H and O–H groups in total. The summed E-state index contributed by atoms with van der Waals surface area (Å²) in [5.41, 5.74) is 1.69. The zero-order valence-electron chi connectivity index (χ0n) is 19.9. The van der Waals surface area contributed by atoms with Gasteiger partial charge in [0.25, 0.3) is 11.5 Å². The monoisotopic (exact) mass is 473 g/mol. The van der Waals surface area contributed by atoms with Crippen molar-refractivity contribution in [3.63, 3.8) is 0 Å². The molecule has 2 aromatic heterocycles. The number of para-hydroxylation sites is 2. The Morgan fingerprint density at radius 2 is 1.77 bits per heavy atom. The lowest BCUT2D eigenvalue weighted by Gasteiger charge is -2.14. The van der Waals surface area contributed by atoms with Crippen molar-refractivity contribution in [2.75, 3.05) is 11.9 Å². The molecule has 0 spiro atoms. The minimum absolute atomic E-state index is 0.0231. The van der Waals surface area contributed by atoms with Crippen LogP contribution in [0.25, 0.3) is 16.6 Å². The number of fused-ring (bicyclic) bond motifs is 1. The average Bonchev–Trinajstić information content (AvgIpc) is 3.26. The lowest BCUT2D eigenvalue weighted by Crippen LogP contribution is -2.22. The van der Waals surface area contributed by atoms with E-state index in [-0.39, 0.29) is 23.8 Å². The number of nitrogens with zero attached hydrogens (tertiary/aromatic N) is 3. The van der Waals surface area contributed by atoms with Crippen LogP contribution in [0.4, 0.5) is 5.82 Å². The smallest absolute Gasteiger partial charge is 0.306 e. The molecule has 0 bridgehead atoms. The van der Waals surface area contributed by atoms with Gasteiger partial charge in [-0.1, -0.05) is 51.1 Å². The zero-order valence-corrected chi connectivity index (χ0v) is 19.9. The van der Waals surface area contributed by atoms with Crippen molar-refractivity contribution in [1.82, 2.24) is 19.7 Å². The third kappa shape index (κ3) is 5.81. The molecule has 4 aromatic rings. The van der Waals surface area contributed by atoms with Crippen LogP contribution in [0, 0.1) is 0 Å². The molecular weight excluding hydrogens is 446 g/mol. The number of aryl methyl sites for hydroxylation is 1. The molecule has 9 heteroatoms. The minimum Gasteiger partial charge on any atom is -0.456 e. The predicted octanol–water partition coefficient (Wildman–Crippen LogP) is 3.52. The van der Waals surface area contributed by atoms with Crippen molar-refractivity contribution in [1.29, 1.82) is 0 Å². The SMILES string of the molecule is CC(C)(C)c1cc(NC(=O)COC(=O)CCc2nc3ccccc3c(=O)[nH]2)n(-c2ccccc2)n1. The lowest BCUT2D eigenvalue weighted by molar-refractivity contribution is -0.147. The van der Waals surface area contributed by atoms with Gasteiger partial charge in [0, 0.05) is 17.9 Å². The van der Waals surface area contributed by atoms with Crippen LogP contribution in [0.1, 0.15) is 38.7 Å². The van der Waals surface area contributed by atoms with E-state index in [1.165, 1.54) is 0 Å². The normalized spacial score (nSPS) is 11.4. The van der Waals surface area contributed by atoms with E-state index in [1.54, 1.807) is 28.9 Å². The van der Waals surface area contributed by atoms with Crippen LogP contribution in [0.2, 0.25) is 0 Å². The number of hydrogen-bond donors (Lipinski definition) is 2. The van der Waals surface area contributed by atoms with Gasteiger partial charge in [-0.3, -0.25) is 14.4 Å². The van der Waals surface area contributed by atoms with E-state index in [1.807, 2.05) is 57.2 Å². The second-order valence-corrected chi connectivity index (χ2v) is 9.15. The largest absolute Gasteiger partial charge is 0.456 e. The number of nitrogens with one attached hydrogen (secondary N) is 2. The Kier molecular flexibility index (Phi) is 6.77. The highest BCUT2D eigenvalue weighted by molar-refractivity contribution is 5.92. The first-order valence-corrected chi connectivity index (χ1v) is 11.3. The van der Waals surface area contributed by atoms with Gasteiger partial charge in [-0.15, -0.1) is 0 Å². The molecule has 0 fully saturated rings. The maximum Gasteiger partial charge on any atom is 0.306 e. The van der Waals surface area contributed by atoms with Crippen LogP contribution in [0.3, 0.4) is 0 Å². The second-order valence-electron chi connectivity index (χ2n) is 9.15. The molecule has 0 atom stereocenters. The van der Waals surface area contributed by atoms with Gasteiger partial charge in [0.1, 0.15) is 11.6 Å². The highest BCUT2D eigenvalue weighted by Crippen LogP contribution is 2.26.